The molecule has 0 aliphatic heterocycles. The minimum absolute atomic E-state index is 0.267. The van der Waals surface area contributed by atoms with Gasteiger partial charge in [0.15, 0.2) is 5.82 Å². The fourth-order valence-electron chi connectivity index (χ4n) is 1.50. The second-order valence-corrected chi connectivity index (χ2v) is 3.64. The third kappa shape index (κ3) is 2.85. The van der Waals surface area contributed by atoms with Crippen molar-refractivity contribution in [2.75, 3.05) is 7.05 Å². The van der Waals surface area contributed by atoms with Crippen LogP contribution in [0.4, 0.5) is 8.78 Å². The van der Waals surface area contributed by atoms with E-state index < -0.39 is 11.6 Å². The van der Waals surface area contributed by atoms with Gasteiger partial charge in [0.2, 0.25) is 0 Å². The normalized spacial score (nSPS) is 10.8. The van der Waals surface area contributed by atoms with Crippen LogP contribution in [0.25, 0.3) is 0 Å². The summed E-state index contributed by atoms with van der Waals surface area (Å²) in [4.78, 5) is 4.17. The number of nitrogens with one attached hydrogen (secondary N) is 2. The lowest BCUT2D eigenvalue weighted by Crippen LogP contribution is -2.06. The zero-order valence-electron chi connectivity index (χ0n) is 9.30. The molecule has 1 heterocycles. The maximum absolute atomic E-state index is 13.4. The highest BCUT2D eigenvalue weighted by Gasteiger charge is 2.08. The average Bonchev–Trinajstić information content (AvgIpc) is 2.71. The molecule has 0 unspecified atom stereocenters. The van der Waals surface area contributed by atoms with E-state index in [1.54, 1.807) is 7.05 Å². The predicted molar refractivity (Wildman–Crippen MR) is 58.3 cm³/mol. The Bertz CT molecular complexity index is 510. The summed E-state index contributed by atoms with van der Waals surface area (Å²) in [7, 11) is 1.79. The number of H-pyrrole nitrogens is 1. The fourth-order valence-corrected chi connectivity index (χ4v) is 1.50. The number of halogens is 2. The van der Waals surface area contributed by atoms with Crippen molar-refractivity contribution in [1.29, 1.82) is 0 Å². The number of aromatic amines is 1. The maximum atomic E-state index is 13.4. The minimum atomic E-state index is -0.584. The highest BCUT2D eigenvalue weighted by Crippen LogP contribution is 2.12. The Labute approximate surface area is 97.1 Å². The molecule has 4 nitrogen and oxygen atoms in total. The Morgan fingerprint density at radius 2 is 2.18 bits per heavy atom. The molecule has 0 radical (unpaired) electrons. The van der Waals surface area contributed by atoms with Crippen LogP contribution in [-0.2, 0) is 13.0 Å². The van der Waals surface area contributed by atoms with E-state index >= 15 is 0 Å². The average molecular weight is 238 g/mol. The van der Waals surface area contributed by atoms with E-state index in [9.17, 15) is 8.78 Å². The topological polar surface area (TPSA) is 53.6 Å². The molecule has 0 fully saturated rings. The first-order valence-corrected chi connectivity index (χ1v) is 5.17. The highest BCUT2D eigenvalue weighted by molar-refractivity contribution is 5.21. The minimum Gasteiger partial charge on any atom is -0.313 e. The van der Waals surface area contributed by atoms with Crippen LogP contribution in [0.3, 0.4) is 0 Å². The zero-order valence-corrected chi connectivity index (χ0v) is 9.30. The lowest BCUT2D eigenvalue weighted by Gasteiger charge is -2.00. The van der Waals surface area contributed by atoms with Crippen molar-refractivity contribution in [2.45, 2.75) is 13.0 Å². The molecule has 0 atom stereocenters. The second kappa shape index (κ2) is 5.01. The van der Waals surface area contributed by atoms with E-state index in [4.69, 9.17) is 0 Å². The largest absolute Gasteiger partial charge is 0.313 e. The number of aromatic nitrogens is 3. The number of rotatable bonds is 4. The van der Waals surface area contributed by atoms with Gasteiger partial charge >= 0.3 is 0 Å². The fraction of sp³-hybridized carbons (Fsp3) is 0.273. The Morgan fingerprint density at radius 3 is 2.88 bits per heavy atom. The van der Waals surface area contributed by atoms with Gasteiger partial charge in [0, 0.05) is 12.5 Å². The van der Waals surface area contributed by atoms with Crippen molar-refractivity contribution in [3.63, 3.8) is 0 Å². The molecule has 17 heavy (non-hydrogen) atoms. The van der Waals surface area contributed by atoms with E-state index in [-0.39, 0.29) is 6.42 Å². The second-order valence-electron chi connectivity index (χ2n) is 3.64. The lowest BCUT2D eigenvalue weighted by molar-refractivity contribution is 0.573. The van der Waals surface area contributed by atoms with Crippen LogP contribution in [-0.4, -0.2) is 22.2 Å². The third-order valence-corrected chi connectivity index (χ3v) is 2.29. The van der Waals surface area contributed by atoms with Gasteiger partial charge in [0.05, 0.1) is 6.54 Å². The molecule has 2 aromatic rings. The molecule has 6 heteroatoms. The lowest BCUT2D eigenvalue weighted by atomic mass is 10.1. The summed E-state index contributed by atoms with van der Waals surface area (Å²) in [6.07, 6.45) is 0.267. The molecule has 0 aliphatic carbocycles. The van der Waals surface area contributed by atoms with Gasteiger partial charge in [-0.25, -0.2) is 13.8 Å². The third-order valence-electron chi connectivity index (χ3n) is 2.29. The van der Waals surface area contributed by atoms with Crippen molar-refractivity contribution in [1.82, 2.24) is 20.5 Å². The smallest absolute Gasteiger partial charge is 0.164 e. The van der Waals surface area contributed by atoms with Crippen LogP contribution < -0.4 is 5.32 Å². The van der Waals surface area contributed by atoms with E-state index in [2.05, 4.69) is 20.5 Å². The molecule has 0 spiro atoms. The van der Waals surface area contributed by atoms with Crippen molar-refractivity contribution in [3.8, 4) is 0 Å². The van der Waals surface area contributed by atoms with Gasteiger partial charge in [-0.1, -0.05) is 6.07 Å². The van der Waals surface area contributed by atoms with Crippen molar-refractivity contribution in [2.24, 2.45) is 0 Å². The Morgan fingerprint density at radius 1 is 1.35 bits per heavy atom. The summed E-state index contributed by atoms with van der Waals surface area (Å²) in [6.45, 7) is 0.544. The van der Waals surface area contributed by atoms with E-state index in [0.717, 1.165) is 6.07 Å². The van der Waals surface area contributed by atoms with E-state index in [1.807, 2.05) is 0 Å². The Hall–Kier alpha value is -1.82. The standard InChI is InChI=1S/C11H12F2N4/c1-14-6-11-15-10(16-17-11)4-7-2-3-8(12)5-9(7)13/h2-3,5,14H,4,6H2,1H3,(H,15,16,17). The first-order chi connectivity index (χ1) is 8.19. The Balaban J connectivity index is 2.13. The van der Waals surface area contributed by atoms with Crippen LogP contribution >= 0.6 is 0 Å². The number of hydrogen-bond donors (Lipinski definition) is 2. The molecule has 90 valence electrons. The van der Waals surface area contributed by atoms with Gasteiger partial charge in [0.25, 0.3) is 0 Å². The molecule has 2 N–H and O–H groups in total. The van der Waals surface area contributed by atoms with Crippen molar-refractivity contribution >= 4 is 0 Å². The zero-order chi connectivity index (χ0) is 12.3. The summed E-state index contributed by atoms with van der Waals surface area (Å²) < 4.78 is 26.1. The van der Waals surface area contributed by atoms with E-state index in [0.29, 0.717) is 23.8 Å². The van der Waals surface area contributed by atoms with Gasteiger partial charge in [-0.2, -0.15) is 5.10 Å². The number of benzene rings is 1. The maximum Gasteiger partial charge on any atom is 0.164 e. The number of hydrogen-bond acceptors (Lipinski definition) is 3. The monoisotopic (exact) mass is 238 g/mol. The van der Waals surface area contributed by atoms with Crippen LogP contribution in [0.2, 0.25) is 0 Å². The van der Waals surface area contributed by atoms with Crippen LogP contribution in [0.5, 0.6) is 0 Å². The summed E-state index contributed by atoms with van der Waals surface area (Å²) in [5, 5.41) is 9.58. The molecule has 0 saturated heterocycles. The van der Waals surface area contributed by atoms with Gasteiger partial charge in [-0.3, -0.25) is 5.10 Å². The predicted octanol–water partition coefficient (Wildman–Crippen LogP) is 1.39. The molecule has 0 saturated carbocycles. The molecule has 0 aliphatic rings. The first kappa shape index (κ1) is 11.7. The van der Waals surface area contributed by atoms with Gasteiger partial charge < -0.3 is 5.32 Å². The molecular formula is C11H12F2N4. The quantitative estimate of drug-likeness (QED) is 0.846. The van der Waals surface area contributed by atoms with Gasteiger partial charge in [0.1, 0.15) is 17.5 Å². The Kier molecular flexibility index (Phi) is 3.43. The SMILES string of the molecule is CNCc1n[nH]c(Cc2ccc(F)cc2F)n1. The van der Waals surface area contributed by atoms with Crippen molar-refractivity contribution in [3.05, 3.63) is 47.0 Å². The van der Waals surface area contributed by atoms with Crippen LogP contribution in [0, 0.1) is 11.6 Å². The van der Waals surface area contributed by atoms with Crippen LogP contribution in [0.15, 0.2) is 18.2 Å². The van der Waals surface area contributed by atoms with Crippen molar-refractivity contribution < 1.29 is 8.78 Å². The van der Waals surface area contributed by atoms with E-state index in [1.165, 1.54) is 12.1 Å². The highest BCUT2D eigenvalue weighted by atomic mass is 19.1. The molecular weight excluding hydrogens is 226 g/mol. The van der Waals surface area contributed by atoms with Crippen LogP contribution in [0.1, 0.15) is 17.2 Å². The molecule has 1 aromatic carbocycles. The summed E-state index contributed by atoms with van der Waals surface area (Å²) >= 11 is 0. The van der Waals surface area contributed by atoms with Gasteiger partial charge in [-0.05, 0) is 18.7 Å². The molecule has 0 amide bonds. The summed E-state index contributed by atoms with van der Waals surface area (Å²) in [5.41, 5.74) is 0.388. The summed E-state index contributed by atoms with van der Waals surface area (Å²) in [5.74, 6) is 0.0158. The number of nitrogens with zero attached hydrogens (tertiary/aromatic N) is 2. The molecule has 0 bridgehead atoms. The first-order valence-electron chi connectivity index (χ1n) is 5.17. The van der Waals surface area contributed by atoms with Gasteiger partial charge in [-0.15, -0.1) is 0 Å². The summed E-state index contributed by atoms with van der Waals surface area (Å²) in [6, 6.07) is 3.49. The molecule has 2 rings (SSSR count). The molecule has 1 aromatic heterocycles.